The number of allylic oxidation sites excluding steroid dienone is 1. The molecule has 1 saturated heterocycles. The molecule has 2 aromatic rings. The zero-order chi connectivity index (χ0) is 15.2. The van der Waals surface area contributed by atoms with Crippen LogP contribution < -0.4 is 9.47 Å². The first-order chi connectivity index (χ1) is 10.8. The molecule has 1 heterocycles. The van der Waals surface area contributed by atoms with Gasteiger partial charge in [-0.05, 0) is 49.4 Å². The van der Waals surface area contributed by atoms with E-state index in [4.69, 9.17) is 18.9 Å². The van der Waals surface area contributed by atoms with Crippen LogP contribution in [0.4, 0.5) is 0 Å². The van der Waals surface area contributed by atoms with Gasteiger partial charge < -0.3 is 18.9 Å². The van der Waals surface area contributed by atoms with Gasteiger partial charge in [-0.3, -0.25) is 0 Å². The van der Waals surface area contributed by atoms with Gasteiger partial charge in [-0.1, -0.05) is 18.2 Å². The van der Waals surface area contributed by atoms with Gasteiger partial charge in [-0.2, -0.15) is 0 Å². The van der Waals surface area contributed by atoms with E-state index in [2.05, 4.69) is 0 Å². The van der Waals surface area contributed by atoms with Crippen molar-refractivity contribution in [3.05, 3.63) is 66.6 Å². The van der Waals surface area contributed by atoms with Crippen LogP contribution in [0.15, 0.2) is 66.6 Å². The van der Waals surface area contributed by atoms with Gasteiger partial charge in [0.2, 0.25) is 0 Å². The maximum absolute atomic E-state index is 5.73. The Morgan fingerprint density at radius 2 is 1.68 bits per heavy atom. The van der Waals surface area contributed by atoms with Crippen molar-refractivity contribution in [1.82, 2.24) is 0 Å². The molecule has 0 saturated carbocycles. The highest BCUT2D eigenvalue weighted by molar-refractivity contribution is 5.35. The van der Waals surface area contributed by atoms with Crippen molar-refractivity contribution in [2.75, 3.05) is 13.2 Å². The van der Waals surface area contributed by atoms with E-state index in [1.165, 1.54) is 0 Å². The first-order valence-corrected chi connectivity index (χ1v) is 7.25. The van der Waals surface area contributed by atoms with E-state index in [1.54, 1.807) is 6.08 Å². The maximum Gasteiger partial charge on any atom is 0.275 e. The highest BCUT2D eigenvalue weighted by Gasteiger charge is 2.21. The number of benzene rings is 2. The fourth-order valence-corrected chi connectivity index (χ4v) is 2.06. The van der Waals surface area contributed by atoms with Gasteiger partial charge in [0.1, 0.15) is 30.5 Å². The Kier molecular flexibility index (Phi) is 4.49. The van der Waals surface area contributed by atoms with Gasteiger partial charge in [-0.15, -0.1) is 0 Å². The van der Waals surface area contributed by atoms with E-state index in [0.717, 1.165) is 17.2 Å². The van der Waals surface area contributed by atoms with E-state index in [0.29, 0.717) is 19.2 Å². The minimum Gasteiger partial charge on any atom is -0.490 e. The van der Waals surface area contributed by atoms with Crippen molar-refractivity contribution in [1.29, 1.82) is 0 Å². The first-order valence-electron chi connectivity index (χ1n) is 7.25. The third-order valence-corrected chi connectivity index (χ3v) is 3.17. The minimum absolute atomic E-state index is 0.0635. The normalized spacial score (nSPS) is 18.6. The van der Waals surface area contributed by atoms with Crippen LogP contribution in [0.5, 0.6) is 17.2 Å². The molecule has 2 aromatic carbocycles. The highest BCUT2D eigenvalue weighted by Crippen LogP contribution is 2.24. The molecule has 1 fully saturated rings. The summed E-state index contributed by atoms with van der Waals surface area (Å²) in [6.45, 7) is 2.86. The van der Waals surface area contributed by atoms with Crippen LogP contribution in [-0.2, 0) is 9.47 Å². The van der Waals surface area contributed by atoms with Crippen LogP contribution >= 0.6 is 0 Å². The summed E-state index contributed by atoms with van der Waals surface area (Å²) in [6, 6.07) is 17.2. The molecule has 0 bridgehead atoms. The largest absolute Gasteiger partial charge is 0.490 e. The van der Waals surface area contributed by atoms with E-state index in [1.807, 2.05) is 61.5 Å². The zero-order valence-corrected chi connectivity index (χ0v) is 12.4. The monoisotopic (exact) mass is 298 g/mol. The van der Waals surface area contributed by atoms with E-state index >= 15 is 0 Å². The summed E-state index contributed by atoms with van der Waals surface area (Å²) in [5.74, 6) is 2.93. The Labute approximate surface area is 129 Å². The number of hydrogen-bond donors (Lipinski definition) is 0. The van der Waals surface area contributed by atoms with Gasteiger partial charge in [-0.25, -0.2) is 0 Å². The number of rotatable bonds is 5. The molecule has 4 heteroatoms. The Hall–Kier alpha value is -2.62. The van der Waals surface area contributed by atoms with Gasteiger partial charge >= 0.3 is 0 Å². The Morgan fingerprint density at radius 3 is 2.36 bits per heavy atom. The lowest BCUT2D eigenvalue weighted by Crippen LogP contribution is -2.19. The first kappa shape index (κ1) is 14.3. The molecular formula is C18H18O4. The third-order valence-electron chi connectivity index (χ3n) is 3.17. The van der Waals surface area contributed by atoms with Crippen molar-refractivity contribution in [3.8, 4) is 17.2 Å². The average Bonchev–Trinajstić information content (AvgIpc) is 3.03. The summed E-state index contributed by atoms with van der Waals surface area (Å²) in [6.07, 6.45) is 1.74. The Morgan fingerprint density at radius 1 is 1.00 bits per heavy atom. The molecule has 4 nitrogen and oxygen atoms in total. The summed E-state index contributed by atoms with van der Waals surface area (Å²) in [7, 11) is 0. The maximum atomic E-state index is 5.73. The molecule has 0 aliphatic carbocycles. The van der Waals surface area contributed by atoms with E-state index in [9.17, 15) is 0 Å². The van der Waals surface area contributed by atoms with Gasteiger partial charge in [0.05, 0.1) is 0 Å². The Balaban J connectivity index is 1.51. The summed E-state index contributed by atoms with van der Waals surface area (Å²) in [5, 5.41) is 0. The predicted molar refractivity (Wildman–Crippen MR) is 83.0 cm³/mol. The molecule has 3 rings (SSSR count). The molecule has 22 heavy (non-hydrogen) atoms. The number of ether oxygens (including phenoxy) is 4. The van der Waals surface area contributed by atoms with Crippen LogP contribution in [0.3, 0.4) is 0 Å². The second kappa shape index (κ2) is 6.89. The zero-order valence-electron chi connectivity index (χ0n) is 12.4. The average molecular weight is 298 g/mol. The SMILES string of the molecule is C/C=C1\OC[C@H](COc2ccc(Oc3ccccc3)cc2)O1. The fourth-order valence-electron chi connectivity index (χ4n) is 2.06. The molecular weight excluding hydrogens is 280 g/mol. The predicted octanol–water partition coefficient (Wildman–Crippen LogP) is 4.13. The van der Waals surface area contributed by atoms with Crippen LogP contribution in [0.25, 0.3) is 0 Å². The van der Waals surface area contributed by atoms with Crippen molar-refractivity contribution >= 4 is 0 Å². The van der Waals surface area contributed by atoms with Gasteiger partial charge in [0.25, 0.3) is 5.95 Å². The standard InChI is InChI=1S/C18H18O4/c1-2-18-20-13-17(22-18)12-19-14-8-10-16(11-9-14)21-15-6-4-3-5-7-15/h2-11,17H,12-13H2,1H3/b18-2+/t17-/m0/s1. The molecule has 0 aromatic heterocycles. The van der Waals surface area contributed by atoms with Crippen molar-refractivity contribution in [2.45, 2.75) is 13.0 Å². The quantitative estimate of drug-likeness (QED) is 0.831. The lowest BCUT2D eigenvalue weighted by molar-refractivity contribution is 0.102. The van der Waals surface area contributed by atoms with Gasteiger partial charge in [0.15, 0.2) is 6.10 Å². The lowest BCUT2D eigenvalue weighted by Gasteiger charge is -2.11. The van der Waals surface area contributed by atoms with Crippen molar-refractivity contribution < 1.29 is 18.9 Å². The summed E-state index contributed by atoms with van der Waals surface area (Å²) >= 11 is 0. The minimum atomic E-state index is -0.0635. The lowest BCUT2D eigenvalue weighted by atomic mass is 10.3. The number of para-hydroxylation sites is 1. The second-order valence-electron chi connectivity index (χ2n) is 4.86. The third kappa shape index (κ3) is 3.73. The van der Waals surface area contributed by atoms with Gasteiger partial charge in [0, 0.05) is 0 Å². The van der Waals surface area contributed by atoms with Crippen LogP contribution in [0.2, 0.25) is 0 Å². The second-order valence-corrected chi connectivity index (χ2v) is 4.86. The topological polar surface area (TPSA) is 36.9 Å². The number of hydrogen-bond acceptors (Lipinski definition) is 4. The summed E-state index contributed by atoms with van der Waals surface area (Å²) in [5.41, 5.74) is 0. The molecule has 0 amide bonds. The van der Waals surface area contributed by atoms with Crippen LogP contribution in [0, 0.1) is 0 Å². The van der Waals surface area contributed by atoms with E-state index in [-0.39, 0.29) is 6.10 Å². The smallest absolute Gasteiger partial charge is 0.275 e. The van der Waals surface area contributed by atoms with Crippen LogP contribution in [0.1, 0.15) is 6.92 Å². The summed E-state index contributed by atoms with van der Waals surface area (Å²) < 4.78 is 22.3. The molecule has 114 valence electrons. The summed E-state index contributed by atoms with van der Waals surface area (Å²) in [4.78, 5) is 0. The van der Waals surface area contributed by atoms with Crippen LogP contribution in [-0.4, -0.2) is 19.3 Å². The molecule has 1 aliphatic rings. The van der Waals surface area contributed by atoms with Crippen molar-refractivity contribution in [3.63, 3.8) is 0 Å². The molecule has 0 spiro atoms. The molecule has 1 atom stereocenters. The van der Waals surface area contributed by atoms with E-state index < -0.39 is 0 Å². The molecule has 1 aliphatic heterocycles. The molecule has 0 radical (unpaired) electrons. The molecule has 0 N–H and O–H groups in total. The highest BCUT2D eigenvalue weighted by atomic mass is 16.7. The Bertz CT molecular complexity index is 619. The van der Waals surface area contributed by atoms with Crippen molar-refractivity contribution in [2.24, 2.45) is 0 Å². The fraction of sp³-hybridized carbons (Fsp3) is 0.222. The molecule has 0 unspecified atom stereocenters.